The number of sulfone groups is 1. The van der Waals surface area contributed by atoms with Crippen LogP contribution >= 0.6 is 0 Å². The molecule has 2 N–H and O–H groups in total. The number of nitrogens with two attached hydrogens (primary N) is 1. The highest BCUT2D eigenvalue weighted by atomic mass is 32.2. The van der Waals surface area contributed by atoms with Crippen LogP contribution in [-0.4, -0.2) is 58.8 Å². The van der Waals surface area contributed by atoms with Crippen LogP contribution in [0.25, 0.3) is 0 Å². The van der Waals surface area contributed by atoms with E-state index in [0.29, 0.717) is 38.2 Å². The van der Waals surface area contributed by atoms with Crippen molar-refractivity contribution in [3.8, 4) is 0 Å². The molecule has 0 radical (unpaired) electrons. The van der Waals surface area contributed by atoms with Gasteiger partial charge in [-0.1, -0.05) is 17.3 Å². The fourth-order valence-electron chi connectivity index (χ4n) is 2.29. The lowest BCUT2D eigenvalue weighted by Gasteiger charge is -2.09. The Balaban J connectivity index is 2.12. The summed E-state index contributed by atoms with van der Waals surface area (Å²) in [5.41, 5.74) is 5.68. The van der Waals surface area contributed by atoms with E-state index in [1.807, 2.05) is 0 Å². The Morgan fingerprint density at radius 1 is 1.36 bits per heavy atom. The van der Waals surface area contributed by atoms with Crippen molar-refractivity contribution in [1.29, 1.82) is 0 Å². The zero-order chi connectivity index (χ0) is 18.3. The van der Waals surface area contributed by atoms with Gasteiger partial charge in [0.05, 0.1) is 23.9 Å². The Labute approximate surface area is 146 Å². The molecule has 25 heavy (non-hydrogen) atoms. The van der Waals surface area contributed by atoms with Gasteiger partial charge in [-0.05, 0) is 18.6 Å². The van der Waals surface area contributed by atoms with Crippen molar-refractivity contribution in [1.82, 2.24) is 0 Å². The summed E-state index contributed by atoms with van der Waals surface area (Å²) in [6.07, 6.45) is 0.884. The number of methoxy groups -OCH3 is 1. The van der Waals surface area contributed by atoms with Crippen molar-refractivity contribution in [2.45, 2.75) is 23.8 Å². The van der Waals surface area contributed by atoms with Gasteiger partial charge >= 0.3 is 0 Å². The Bertz CT molecular complexity index is 709. The number of rotatable bonds is 9. The van der Waals surface area contributed by atoms with Crippen molar-refractivity contribution < 1.29 is 27.5 Å². The van der Waals surface area contributed by atoms with E-state index in [1.54, 1.807) is 0 Å². The van der Waals surface area contributed by atoms with Gasteiger partial charge in [0.2, 0.25) is 0 Å². The van der Waals surface area contributed by atoms with E-state index < -0.39 is 15.7 Å². The first kappa shape index (κ1) is 19.4. The molecule has 8 nitrogen and oxygen atoms in total. The first-order chi connectivity index (χ1) is 11.9. The minimum absolute atomic E-state index is 0.0122. The minimum atomic E-state index is -3.40. The van der Waals surface area contributed by atoms with Crippen LogP contribution in [0.5, 0.6) is 0 Å². The molecule has 1 aromatic rings. The summed E-state index contributed by atoms with van der Waals surface area (Å²) >= 11 is 0. The number of primary amides is 1. The molecule has 0 spiro atoms. The fraction of sp³-hybridized carbons (Fsp3) is 0.500. The predicted octanol–water partition coefficient (Wildman–Crippen LogP) is 0.492. The zero-order valence-corrected chi connectivity index (χ0v) is 14.8. The number of carbonyl (C=O) groups is 1. The van der Waals surface area contributed by atoms with Crippen LogP contribution in [-0.2, 0) is 28.9 Å². The van der Waals surface area contributed by atoms with E-state index in [-0.39, 0.29) is 22.5 Å². The molecule has 0 aliphatic carbocycles. The highest BCUT2D eigenvalue weighted by Gasteiger charge is 2.20. The maximum atomic E-state index is 12.2. The molecule has 1 heterocycles. The Morgan fingerprint density at radius 2 is 2.08 bits per heavy atom. The van der Waals surface area contributed by atoms with Crippen LogP contribution in [0.1, 0.15) is 18.4 Å². The first-order valence-corrected chi connectivity index (χ1v) is 9.53. The second-order valence-electron chi connectivity index (χ2n) is 5.58. The number of carbonyl (C=O) groups excluding carboxylic acids is 1. The Hall–Kier alpha value is -1.97. The van der Waals surface area contributed by atoms with Gasteiger partial charge in [0.25, 0.3) is 5.91 Å². The van der Waals surface area contributed by atoms with Gasteiger partial charge in [0.15, 0.2) is 21.7 Å². The third-order valence-corrected chi connectivity index (χ3v) is 5.48. The van der Waals surface area contributed by atoms with E-state index in [2.05, 4.69) is 5.16 Å². The maximum absolute atomic E-state index is 12.2. The van der Waals surface area contributed by atoms with E-state index >= 15 is 0 Å². The third kappa shape index (κ3) is 5.52. The summed E-state index contributed by atoms with van der Waals surface area (Å²) in [5, 5.41) is 3.82. The van der Waals surface area contributed by atoms with Crippen LogP contribution in [0, 0.1) is 0 Å². The molecule has 138 valence electrons. The molecule has 0 saturated carbocycles. The van der Waals surface area contributed by atoms with Crippen molar-refractivity contribution in [2.24, 2.45) is 10.9 Å². The van der Waals surface area contributed by atoms with Crippen molar-refractivity contribution in [3.63, 3.8) is 0 Å². The number of ether oxygens (including phenoxy) is 2. The molecule has 1 saturated heterocycles. The van der Waals surface area contributed by atoms with E-state index in [0.717, 1.165) is 0 Å². The van der Waals surface area contributed by atoms with Gasteiger partial charge in [0, 0.05) is 25.7 Å². The van der Waals surface area contributed by atoms with Crippen molar-refractivity contribution >= 4 is 21.5 Å². The summed E-state index contributed by atoms with van der Waals surface area (Å²) in [6, 6.07) is 5.83. The van der Waals surface area contributed by atoms with Gasteiger partial charge in [-0.25, -0.2) is 8.42 Å². The molecule has 1 aliphatic heterocycles. The van der Waals surface area contributed by atoms with E-state index in [4.69, 9.17) is 20.0 Å². The molecule has 0 bridgehead atoms. The SMILES string of the molecule is COCCCS(=O)(=O)c1ccc(/C(=N\O[C@@H]2CCOC2)C(N)=O)cc1. The number of amides is 1. The lowest BCUT2D eigenvalue weighted by molar-refractivity contribution is -0.112. The van der Waals surface area contributed by atoms with Crippen LogP contribution in [0.4, 0.5) is 0 Å². The summed E-state index contributed by atoms with van der Waals surface area (Å²) in [4.78, 5) is 17.1. The van der Waals surface area contributed by atoms with Crippen LogP contribution < -0.4 is 5.73 Å². The average molecular weight is 370 g/mol. The number of benzene rings is 1. The topological polar surface area (TPSA) is 117 Å². The molecule has 1 aliphatic rings. The lowest BCUT2D eigenvalue weighted by Crippen LogP contribution is -2.25. The summed E-state index contributed by atoms with van der Waals surface area (Å²) in [5.74, 6) is -0.767. The molecular formula is C16H22N2O6S. The molecule has 0 aromatic heterocycles. The quantitative estimate of drug-likeness (QED) is 0.384. The average Bonchev–Trinajstić information content (AvgIpc) is 3.09. The van der Waals surface area contributed by atoms with E-state index in [1.165, 1.54) is 31.4 Å². The second-order valence-corrected chi connectivity index (χ2v) is 7.69. The molecule has 1 atom stereocenters. The number of oxime groups is 1. The Kier molecular flexibility index (Phi) is 6.91. The smallest absolute Gasteiger partial charge is 0.271 e. The summed E-state index contributed by atoms with van der Waals surface area (Å²) in [6.45, 7) is 1.37. The first-order valence-electron chi connectivity index (χ1n) is 7.87. The fourth-order valence-corrected chi connectivity index (χ4v) is 3.58. The summed E-state index contributed by atoms with van der Waals surface area (Å²) in [7, 11) is -1.88. The van der Waals surface area contributed by atoms with Crippen LogP contribution in [0.3, 0.4) is 0 Å². The van der Waals surface area contributed by atoms with Crippen molar-refractivity contribution in [2.75, 3.05) is 32.7 Å². The molecule has 2 rings (SSSR count). The van der Waals surface area contributed by atoms with Crippen molar-refractivity contribution in [3.05, 3.63) is 29.8 Å². The highest BCUT2D eigenvalue weighted by Crippen LogP contribution is 2.15. The zero-order valence-electron chi connectivity index (χ0n) is 14.0. The molecule has 1 aromatic carbocycles. The van der Waals surface area contributed by atoms with E-state index in [9.17, 15) is 13.2 Å². The second kappa shape index (κ2) is 8.93. The third-order valence-electron chi connectivity index (χ3n) is 3.66. The van der Waals surface area contributed by atoms with Crippen LogP contribution in [0.2, 0.25) is 0 Å². The molecule has 1 fully saturated rings. The van der Waals surface area contributed by atoms with Gasteiger partial charge in [-0.3, -0.25) is 4.79 Å². The van der Waals surface area contributed by atoms with Gasteiger partial charge in [-0.15, -0.1) is 0 Å². The summed E-state index contributed by atoms with van der Waals surface area (Å²) < 4.78 is 34.4. The Morgan fingerprint density at radius 3 is 2.64 bits per heavy atom. The van der Waals surface area contributed by atoms with Gasteiger partial charge in [0.1, 0.15) is 0 Å². The van der Waals surface area contributed by atoms with Crippen LogP contribution in [0.15, 0.2) is 34.3 Å². The van der Waals surface area contributed by atoms with Gasteiger partial charge in [-0.2, -0.15) is 0 Å². The normalized spacial score (nSPS) is 18.3. The largest absolute Gasteiger partial charge is 0.389 e. The number of hydrogen-bond acceptors (Lipinski definition) is 7. The minimum Gasteiger partial charge on any atom is -0.389 e. The predicted molar refractivity (Wildman–Crippen MR) is 91.0 cm³/mol. The number of hydrogen-bond donors (Lipinski definition) is 1. The molecule has 9 heteroatoms. The molecule has 1 amide bonds. The lowest BCUT2D eigenvalue weighted by atomic mass is 10.1. The maximum Gasteiger partial charge on any atom is 0.271 e. The standard InChI is InChI=1S/C16H22N2O6S/c1-22-8-2-10-25(20,21)14-5-3-12(4-6-14)15(16(17)19)18-24-13-7-9-23-11-13/h3-6,13H,2,7-11H2,1H3,(H2,17,19)/b18-15+/t13-/m1/s1. The monoisotopic (exact) mass is 370 g/mol. The molecule has 0 unspecified atom stereocenters. The molecular weight excluding hydrogens is 348 g/mol. The number of nitrogens with zero attached hydrogens (tertiary/aromatic N) is 1. The highest BCUT2D eigenvalue weighted by molar-refractivity contribution is 7.91. The van der Waals surface area contributed by atoms with Gasteiger partial charge < -0.3 is 20.0 Å².